The maximum atomic E-state index is 12.6. The number of likely N-dealkylation sites (tertiary alicyclic amines) is 1. The van der Waals surface area contributed by atoms with E-state index in [4.69, 9.17) is 0 Å². The average Bonchev–Trinajstić information content (AvgIpc) is 2.43. The normalized spacial score (nSPS) is 19.5. The number of amides is 2. The zero-order valence-corrected chi connectivity index (χ0v) is 13.6. The van der Waals surface area contributed by atoms with Crippen LogP contribution in [0.2, 0.25) is 0 Å². The second-order valence-corrected chi connectivity index (χ2v) is 6.63. The zero-order chi connectivity index (χ0) is 16.2. The molecule has 1 N–H and O–H groups in total. The summed E-state index contributed by atoms with van der Waals surface area (Å²) >= 11 is 0. The van der Waals surface area contributed by atoms with E-state index in [0.29, 0.717) is 19.6 Å². The Kier molecular flexibility index (Phi) is 5.81. The predicted molar refractivity (Wildman–Crippen MR) is 83.1 cm³/mol. The van der Waals surface area contributed by atoms with Gasteiger partial charge in [0.05, 0.1) is 5.41 Å². The second kappa shape index (κ2) is 6.96. The molecule has 0 aromatic rings. The summed E-state index contributed by atoms with van der Waals surface area (Å²) in [5.74, 6) is -0.806. The minimum absolute atomic E-state index is 0.00885. The molecule has 1 unspecified atom stereocenters. The third kappa shape index (κ3) is 3.99. The first kappa shape index (κ1) is 17.5. The van der Waals surface area contributed by atoms with Crippen molar-refractivity contribution in [2.24, 2.45) is 11.3 Å². The van der Waals surface area contributed by atoms with Crippen LogP contribution >= 0.6 is 0 Å². The van der Waals surface area contributed by atoms with Crippen LogP contribution in [0.3, 0.4) is 0 Å². The molecule has 0 spiro atoms. The number of aliphatic carboxylic acids is 1. The van der Waals surface area contributed by atoms with E-state index in [1.54, 1.807) is 29.7 Å². The molecule has 0 bridgehead atoms. The molecule has 1 saturated heterocycles. The van der Waals surface area contributed by atoms with E-state index >= 15 is 0 Å². The van der Waals surface area contributed by atoms with Crippen LogP contribution in [0, 0.1) is 11.3 Å². The minimum atomic E-state index is -0.806. The standard InChI is InChI=1S/C16H28N2O3/c1-6-9-18(12(2)3)15(21)17-10-7-8-13(11-17)16(4,5)14(19)20/h6,12-13H,1,7-11H2,2-5H3,(H,19,20). The van der Waals surface area contributed by atoms with Crippen LogP contribution in [-0.4, -0.2) is 52.6 Å². The minimum Gasteiger partial charge on any atom is -0.481 e. The molecule has 1 aliphatic heterocycles. The Labute approximate surface area is 127 Å². The van der Waals surface area contributed by atoms with Crippen LogP contribution in [0.4, 0.5) is 4.79 Å². The number of rotatable bonds is 5. The van der Waals surface area contributed by atoms with Gasteiger partial charge in [-0.2, -0.15) is 0 Å². The number of carbonyl (C=O) groups excluding carboxylic acids is 1. The SMILES string of the molecule is C=CCN(C(=O)N1CCCC(C(C)(C)C(=O)O)C1)C(C)C. The van der Waals surface area contributed by atoms with Gasteiger partial charge >= 0.3 is 12.0 Å². The van der Waals surface area contributed by atoms with Crippen molar-refractivity contribution in [1.82, 2.24) is 9.80 Å². The Bertz CT molecular complexity index is 404. The van der Waals surface area contributed by atoms with Crippen LogP contribution in [0.15, 0.2) is 12.7 Å². The van der Waals surface area contributed by atoms with E-state index in [0.717, 1.165) is 12.8 Å². The lowest BCUT2D eigenvalue weighted by Crippen LogP contribution is -2.52. The van der Waals surface area contributed by atoms with E-state index in [2.05, 4.69) is 6.58 Å². The van der Waals surface area contributed by atoms with Crippen molar-refractivity contribution in [2.45, 2.75) is 46.6 Å². The van der Waals surface area contributed by atoms with Gasteiger partial charge in [0.2, 0.25) is 0 Å². The zero-order valence-electron chi connectivity index (χ0n) is 13.6. The highest BCUT2D eigenvalue weighted by Gasteiger charge is 2.40. The lowest BCUT2D eigenvalue weighted by Gasteiger charge is -2.41. The largest absolute Gasteiger partial charge is 0.481 e. The number of carboxylic acid groups (broad SMARTS) is 1. The lowest BCUT2D eigenvalue weighted by atomic mass is 9.74. The van der Waals surface area contributed by atoms with Crippen LogP contribution in [0.5, 0.6) is 0 Å². The summed E-state index contributed by atoms with van der Waals surface area (Å²) in [6.07, 6.45) is 3.43. The van der Waals surface area contributed by atoms with Gasteiger partial charge in [-0.25, -0.2) is 4.79 Å². The smallest absolute Gasteiger partial charge is 0.320 e. The fraction of sp³-hybridized carbons (Fsp3) is 0.750. The van der Waals surface area contributed by atoms with Gasteiger partial charge < -0.3 is 14.9 Å². The summed E-state index contributed by atoms with van der Waals surface area (Å²) in [6, 6.07) is 0.0825. The molecule has 2 amide bonds. The third-order valence-corrected chi connectivity index (χ3v) is 4.46. The number of hydrogen-bond donors (Lipinski definition) is 1. The van der Waals surface area contributed by atoms with Crippen molar-refractivity contribution in [1.29, 1.82) is 0 Å². The summed E-state index contributed by atoms with van der Waals surface area (Å²) in [4.78, 5) is 27.6. The highest BCUT2D eigenvalue weighted by atomic mass is 16.4. The van der Waals surface area contributed by atoms with Crippen LogP contribution in [0.25, 0.3) is 0 Å². The van der Waals surface area contributed by atoms with Crippen LogP contribution in [-0.2, 0) is 4.79 Å². The van der Waals surface area contributed by atoms with Crippen LogP contribution < -0.4 is 0 Å². The van der Waals surface area contributed by atoms with Crippen molar-refractivity contribution >= 4 is 12.0 Å². The summed E-state index contributed by atoms with van der Waals surface area (Å²) in [7, 11) is 0. The van der Waals surface area contributed by atoms with Gasteiger partial charge in [0, 0.05) is 25.7 Å². The molecule has 5 heteroatoms. The summed E-state index contributed by atoms with van der Waals surface area (Å²) in [5.41, 5.74) is -0.806. The van der Waals surface area contributed by atoms with Gasteiger partial charge in [0.1, 0.15) is 0 Å². The Morgan fingerprint density at radius 1 is 1.48 bits per heavy atom. The first-order chi connectivity index (χ1) is 9.71. The van der Waals surface area contributed by atoms with Crippen molar-refractivity contribution < 1.29 is 14.7 Å². The molecule has 120 valence electrons. The number of urea groups is 1. The van der Waals surface area contributed by atoms with Gasteiger partial charge in [-0.1, -0.05) is 6.08 Å². The Morgan fingerprint density at radius 3 is 2.57 bits per heavy atom. The molecule has 1 rings (SSSR count). The molecule has 1 aliphatic rings. The number of carbonyl (C=O) groups is 2. The maximum Gasteiger partial charge on any atom is 0.320 e. The quantitative estimate of drug-likeness (QED) is 0.794. The Morgan fingerprint density at radius 2 is 2.10 bits per heavy atom. The predicted octanol–water partition coefficient (Wildman–Crippen LogP) is 2.83. The summed E-state index contributed by atoms with van der Waals surface area (Å²) in [6.45, 7) is 12.9. The Balaban J connectivity index is 2.82. The molecule has 0 aromatic carbocycles. The fourth-order valence-corrected chi connectivity index (χ4v) is 2.75. The van der Waals surface area contributed by atoms with Crippen LogP contribution in [0.1, 0.15) is 40.5 Å². The molecule has 0 aliphatic carbocycles. The molecule has 0 saturated carbocycles. The van der Waals surface area contributed by atoms with Crippen molar-refractivity contribution in [2.75, 3.05) is 19.6 Å². The van der Waals surface area contributed by atoms with Gasteiger partial charge in [0.15, 0.2) is 0 Å². The first-order valence-corrected chi connectivity index (χ1v) is 7.61. The molecule has 1 heterocycles. The van der Waals surface area contributed by atoms with E-state index in [-0.39, 0.29) is 18.0 Å². The van der Waals surface area contributed by atoms with E-state index < -0.39 is 11.4 Å². The van der Waals surface area contributed by atoms with Crippen molar-refractivity contribution in [3.05, 3.63) is 12.7 Å². The first-order valence-electron chi connectivity index (χ1n) is 7.61. The van der Waals surface area contributed by atoms with Gasteiger partial charge in [-0.15, -0.1) is 6.58 Å². The van der Waals surface area contributed by atoms with Gasteiger partial charge in [-0.3, -0.25) is 4.79 Å². The highest BCUT2D eigenvalue weighted by Crippen LogP contribution is 2.34. The topological polar surface area (TPSA) is 60.9 Å². The Hall–Kier alpha value is -1.52. The number of nitrogens with zero attached hydrogens (tertiary/aromatic N) is 2. The molecule has 1 atom stereocenters. The summed E-state index contributed by atoms with van der Waals surface area (Å²) in [5, 5.41) is 9.37. The second-order valence-electron chi connectivity index (χ2n) is 6.63. The number of piperidine rings is 1. The maximum absolute atomic E-state index is 12.6. The molecule has 21 heavy (non-hydrogen) atoms. The molecule has 0 radical (unpaired) electrons. The lowest BCUT2D eigenvalue weighted by molar-refractivity contribution is -0.151. The van der Waals surface area contributed by atoms with E-state index in [1.807, 2.05) is 13.8 Å². The fourth-order valence-electron chi connectivity index (χ4n) is 2.75. The van der Waals surface area contributed by atoms with E-state index in [1.165, 1.54) is 0 Å². The number of carboxylic acids is 1. The highest BCUT2D eigenvalue weighted by molar-refractivity contribution is 5.76. The van der Waals surface area contributed by atoms with Gasteiger partial charge in [0.25, 0.3) is 0 Å². The van der Waals surface area contributed by atoms with Crippen molar-refractivity contribution in [3.63, 3.8) is 0 Å². The monoisotopic (exact) mass is 296 g/mol. The van der Waals surface area contributed by atoms with Crippen molar-refractivity contribution in [3.8, 4) is 0 Å². The number of hydrogen-bond acceptors (Lipinski definition) is 2. The third-order valence-electron chi connectivity index (χ3n) is 4.46. The molecular formula is C16H28N2O3. The van der Waals surface area contributed by atoms with E-state index in [9.17, 15) is 14.7 Å². The molecule has 1 fully saturated rings. The molecular weight excluding hydrogens is 268 g/mol. The summed E-state index contributed by atoms with van der Waals surface area (Å²) < 4.78 is 0. The molecule has 0 aromatic heterocycles. The average molecular weight is 296 g/mol. The molecule has 5 nitrogen and oxygen atoms in total. The van der Waals surface area contributed by atoms with Gasteiger partial charge in [-0.05, 0) is 46.5 Å².